The SMILES string of the molecule is CC(C)CCCCCCCCCCCCCCC(=O)OC[C@H]1O[C@@](COC(=O)CCCCCCCCCCCCCCC(C)C)(O[C@H]2O[C@H](COC(=O)CCCCCCCCCCCCCCC(C)C)[C@@H](OC(=O)CCCCCCCCCCCCCCC(C)C)[C@H](O)[C@H]2O)[C@@H](O)[C@@H]1O. The molecule has 0 aromatic carbocycles. The van der Waals surface area contributed by atoms with E-state index in [9.17, 15) is 39.6 Å². The van der Waals surface area contributed by atoms with Gasteiger partial charge in [-0.25, -0.2) is 0 Å². The first kappa shape index (κ1) is 92.7. The van der Waals surface area contributed by atoms with Crippen molar-refractivity contribution < 1.29 is 72.8 Å². The van der Waals surface area contributed by atoms with Crippen LogP contribution in [-0.4, -0.2) is 119 Å². The Morgan fingerprint density at radius 3 is 0.859 bits per heavy atom. The summed E-state index contributed by atoms with van der Waals surface area (Å²) in [6, 6.07) is 0. The van der Waals surface area contributed by atoms with E-state index < -0.39 is 98.5 Å². The number of aliphatic hydroxyl groups is 4. The second-order valence-electron chi connectivity index (χ2n) is 32.2. The van der Waals surface area contributed by atoms with E-state index in [1.807, 2.05) is 0 Å². The summed E-state index contributed by atoms with van der Waals surface area (Å²) in [6.45, 7) is 16.6. The molecule has 99 heavy (non-hydrogen) atoms. The molecule has 0 radical (unpaired) electrons. The van der Waals surface area contributed by atoms with Crippen molar-refractivity contribution in [3.05, 3.63) is 0 Å². The molecule has 0 amide bonds. The molecule has 4 N–H and O–H groups in total. The fraction of sp³-hybridized carbons (Fsp3) is 0.952. The van der Waals surface area contributed by atoms with E-state index in [1.165, 1.54) is 218 Å². The van der Waals surface area contributed by atoms with Gasteiger partial charge in [-0.1, -0.05) is 364 Å². The van der Waals surface area contributed by atoms with Crippen molar-refractivity contribution in [2.24, 2.45) is 23.7 Å². The highest BCUT2D eigenvalue weighted by Gasteiger charge is 2.60. The lowest BCUT2D eigenvalue weighted by molar-refractivity contribution is -0.384. The van der Waals surface area contributed by atoms with Gasteiger partial charge in [-0.15, -0.1) is 0 Å². The van der Waals surface area contributed by atoms with Crippen LogP contribution in [-0.2, 0) is 52.3 Å². The topological polar surface area (TPSA) is 214 Å². The average molecular weight is 1410 g/mol. The van der Waals surface area contributed by atoms with Gasteiger partial charge in [-0.05, 0) is 49.4 Å². The van der Waals surface area contributed by atoms with Crippen molar-refractivity contribution in [3.8, 4) is 0 Å². The molecule has 0 bridgehead atoms. The molecule has 0 saturated carbocycles. The van der Waals surface area contributed by atoms with Crippen molar-refractivity contribution in [2.75, 3.05) is 19.8 Å². The summed E-state index contributed by atoms with van der Waals surface area (Å²) in [5.74, 6) is -1.49. The smallest absolute Gasteiger partial charge is 0.306 e. The van der Waals surface area contributed by atoms with Gasteiger partial charge in [0.2, 0.25) is 5.79 Å². The van der Waals surface area contributed by atoms with Gasteiger partial charge in [0, 0.05) is 25.7 Å². The Morgan fingerprint density at radius 1 is 0.313 bits per heavy atom. The van der Waals surface area contributed by atoms with Crippen LogP contribution in [0.25, 0.3) is 0 Å². The molecule has 0 spiro atoms. The second kappa shape index (κ2) is 61.9. The quantitative estimate of drug-likeness (QED) is 0.0253. The Kier molecular flexibility index (Phi) is 57.9. The molecule has 584 valence electrons. The van der Waals surface area contributed by atoms with Crippen LogP contribution >= 0.6 is 0 Å². The van der Waals surface area contributed by atoms with E-state index in [4.69, 9.17) is 33.2 Å². The highest BCUT2D eigenvalue weighted by Crippen LogP contribution is 2.38. The number of carbonyl (C=O) groups excluding carboxylic acids is 4. The molecule has 0 aromatic rings. The summed E-state index contributed by atoms with van der Waals surface area (Å²) in [5.41, 5.74) is 0. The average Bonchev–Trinajstić information content (AvgIpc) is 1.67. The minimum absolute atomic E-state index is 0.0670. The Hall–Kier alpha value is -2.40. The van der Waals surface area contributed by atoms with E-state index in [0.717, 1.165) is 114 Å². The van der Waals surface area contributed by atoms with Gasteiger partial charge < -0.3 is 53.6 Å². The van der Waals surface area contributed by atoms with Gasteiger partial charge in [-0.3, -0.25) is 19.2 Å². The van der Waals surface area contributed by atoms with E-state index in [2.05, 4.69) is 55.4 Å². The monoisotopic (exact) mass is 1410 g/mol. The van der Waals surface area contributed by atoms with Gasteiger partial charge in [0.25, 0.3) is 0 Å². The summed E-state index contributed by atoms with van der Waals surface area (Å²) >= 11 is 0. The molecule has 9 atom stereocenters. The maximum Gasteiger partial charge on any atom is 0.306 e. The Balaban J connectivity index is 2.11. The van der Waals surface area contributed by atoms with Crippen LogP contribution in [0.4, 0.5) is 0 Å². The molecule has 15 nitrogen and oxygen atoms in total. The molecule has 2 aliphatic heterocycles. The predicted octanol–water partition coefficient (Wildman–Crippen LogP) is 21.3. The van der Waals surface area contributed by atoms with Crippen LogP contribution < -0.4 is 0 Å². The standard InChI is InChI=1S/C84H158O15/c1-68(2)57-49-41-33-25-17-9-13-21-29-37-45-53-61-74(85)93-65-72-78(89)82(92)84(98-72,67-95-76(87)63-55-47-39-31-23-15-11-19-27-35-43-51-59-70(5)6)99-83-80(91)79(90)81(97-77(88)64-56-48-40-32-24-16-12-20-28-36-44-52-60-71(7)8)73(96-83)66-94-75(86)62-54-46-38-30-22-14-10-18-26-34-42-50-58-69(3)4/h68-73,78-83,89-92H,9-67H2,1-8H3/t72-,73-,78-,79-,80-,81-,82+,83-,84+/m1/s1. The molecular formula is C84H158O15. The van der Waals surface area contributed by atoms with E-state index in [1.54, 1.807) is 0 Å². The van der Waals surface area contributed by atoms with Crippen LogP contribution in [0.5, 0.6) is 0 Å². The Morgan fingerprint density at radius 2 is 0.566 bits per heavy atom. The minimum atomic E-state index is -2.40. The van der Waals surface area contributed by atoms with Crippen molar-refractivity contribution in [1.82, 2.24) is 0 Å². The zero-order chi connectivity index (χ0) is 72.4. The summed E-state index contributed by atoms with van der Waals surface area (Å²) in [6.07, 6.45) is 47.1. The molecule has 0 aliphatic carbocycles. The van der Waals surface area contributed by atoms with Gasteiger partial charge in [0.15, 0.2) is 12.4 Å². The lowest BCUT2D eigenvalue weighted by atomic mass is 9.98. The molecule has 0 aromatic heterocycles. The van der Waals surface area contributed by atoms with Gasteiger partial charge >= 0.3 is 23.9 Å². The number of carbonyl (C=O) groups is 4. The lowest BCUT2D eigenvalue weighted by Crippen LogP contribution is -2.64. The summed E-state index contributed by atoms with van der Waals surface area (Å²) in [7, 11) is 0. The van der Waals surface area contributed by atoms with E-state index in [-0.39, 0.29) is 25.7 Å². The third-order valence-corrected chi connectivity index (χ3v) is 20.6. The molecule has 2 rings (SSSR count). The highest BCUT2D eigenvalue weighted by atomic mass is 16.8. The zero-order valence-corrected chi connectivity index (χ0v) is 65.4. The summed E-state index contributed by atoms with van der Waals surface area (Å²) in [5, 5.41) is 47.2. The number of aliphatic hydroxyl groups excluding tert-OH is 4. The van der Waals surface area contributed by atoms with Crippen molar-refractivity contribution in [3.63, 3.8) is 0 Å². The fourth-order valence-electron chi connectivity index (χ4n) is 14.0. The number of esters is 4. The number of ether oxygens (including phenoxy) is 7. The van der Waals surface area contributed by atoms with Gasteiger partial charge in [0.1, 0.15) is 56.4 Å². The van der Waals surface area contributed by atoms with Crippen LogP contribution in [0, 0.1) is 23.7 Å². The van der Waals surface area contributed by atoms with Crippen molar-refractivity contribution in [2.45, 2.75) is 470 Å². The van der Waals surface area contributed by atoms with E-state index in [0.29, 0.717) is 25.7 Å². The summed E-state index contributed by atoms with van der Waals surface area (Å²) < 4.78 is 41.9. The normalized spacial score (nSPS) is 21.0. The van der Waals surface area contributed by atoms with Crippen LogP contribution in [0.1, 0.15) is 415 Å². The zero-order valence-electron chi connectivity index (χ0n) is 65.4. The van der Waals surface area contributed by atoms with Gasteiger partial charge in [0.05, 0.1) is 0 Å². The van der Waals surface area contributed by atoms with Crippen LogP contribution in [0.15, 0.2) is 0 Å². The lowest BCUT2D eigenvalue weighted by Gasteiger charge is -2.44. The molecular weight excluding hydrogens is 1250 g/mol. The third-order valence-electron chi connectivity index (χ3n) is 20.6. The maximum atomic E-state index is 13.6. The molecule has 2 heterocycles. The molecule has 2 saturated heterocycles. The second-order valence-corrected chi connectivity index (χ2v) is 32.2. The fourth-order valence-corrected chi connectivity index (χ4v) is 14.0. The number of hydrogen-bond acceptors (Lipinski definition) is 15. The van der Waals surface area contributed by atoms with E-state index >= 15 is 0 Å². The van der Waals surface area contributed by atoms with Crippen LogP contribution in [0.2, 0.25) is 0 Å². The number of rotatable bonds is 69. The first-order valence-corrected chi connectivity index (χ1v) is 42.2. The molecule has 2 aliphatic rings. The van der Waals surface area contributed by atoms with Crippen molar-refractivity contribution in [1.29, 1.82) is 0 Å². The largest absolute Gasteiger partial charge is 0.463 e. The molecule has 0 unspecified atom stereocenters. The number of unbranched alkanes of at least 4 members (excludes halogenated alkanes) is 44. The van der Waals surface area contributed by atoms with Gasteiger partial charge in [-0.2, -0.15) is 0 Å². The Bertz CT molecular complexity index is 1900. The number of hydrogen-bond donors (Lipinski definition) is 4. The first-order valence-electron chi connectivity index (χ1n) is 42.2. The molecule has 2 fully saturated rings. The maximum absolute atomic E-state index is 13.6. The van der Waals surface area contributed by atoms with Crippen LogP contribution in [0.3, 0.4) is 0 Å². The Labute approximate surface area is 607 Å². The summed E-state index contributed by atoms with van der Waals surface area (Å²) in [4.78, 5) is 53.5. The highest BCUT2D eigenvalue weighted by molar-refractivity contribution is 5.70. The third kappa shape index (κ3) is 49.9. The minimum Gasteiger partial charge on any atom is -0.463 e. The molecule has 15 heteroatoms. The first-order chi connectivity index (χ1) is 47.8. The van der Waals surface area contributed by atoms with Crippen molar-refractivity contribution >= 4 is 23.9 Å². The predicted molar refractivity (Wildman–Crippen MR) is 402 cm³/mol.